The largest absolute Gasteiger partial charge is 0.478 e. The molecule has 43 heavy (non-hydrogen) atoms. The third-order valence-corrected chi connectivity index (χ3v) is 9.07. The average molecular weight is 678 g/mol. The number of carbonyl (C=O) groups excluding carboxylic acids is 3. The van der Waals surface area contributed by atoms with Crippen molar-refractivity contribution in [3.05, 3.63) is 121 Å². The summed E-state index contributed by atoms with van der Waals surface area (Å²) >= 11 is 25.5. The second-order valence-corrected chi connectivity index (χ2v) is 11.4. The van der Waals surface area contributed by atoms with Crippen LogP contribution in [0, 0.1) is 0 Å². The van der Waals surface area contributed by atoms with E-state index in [1.807, 2.05) is 30.3 Å². The Balaban J connectivity index is 1.58. The first-order valence-electron chi connectivity index (χ1n) is 12.2. The number of aromatic carboxylic acids is 1. The Kier molecular flexibility index (Phi) is 10.6. The lowest BCUT2D eigenvalue weighted by Crippen LogP contribution is -2.21. The monoisotopic (exact) mass is 676 g/mol. The molecule has 1 unspecified atom stereocenters. The van der Waals surface area contributed by atoms with Crippen molar-refractivity contribution in [1.82, 2.24) is 0 Å². The summed E-state index contributed by atoms with van der Waals surface area (Å²) in [6.45, 7) is 0. The minimum absolute atomic E-state index is 0.213. The fourth-order valence-electron chi connectivity index (χ4n) is 3.97. The molecule has 0 aliphatic heterocycles. The van der Waals surface area contributed by atoms with Crippen LogP contribution in [0.15, 0.2) is 83.8 Å². The first kappa shape index (κ1) is 32.2. The third kappa shape index (κ3) is 7.26. The van der Waals surface area contributed by atoms with E-state index < -0.39 is 39.2 Å². The highest BCUT2D eigenvalue weighted by atomic mass is 35.5. The van der Waals surface area contributed by atoms with E-state index >= 15 is 0 Å². The molecule has 0 aliphatic rings. The Morgan fingerprint density at radius 1 is 0.744 bits per heavy atom. The van der Waals surface area contributed by atoms with Crippen LogP contribution in [0.5, 0.6) is 0 Å². The van der Waals surface area contributed by atoms with Gasteiger partial charge < -0.3 is 20.5 Å². The summed E-state index contributed by atoms with van der Waals surface area (Å²) < 4.78 is 4.83. The van der Waals surface area contributed by atoms with Crippen molar-refractivity contribution < 1.29 is 29.0 Å². The normalized spacial score (nSPS) is 11.4. The zero-order valence-corrected chi connectivity index (χ0v) is 25.8. The van der Waals surface area contributed by atoms with Crippen LogP contribution in [0.25, 0.3) is 0 Å². The molecule has 3 N–H and O–H groups in total. The standard InChI is InChI=1S/C30H20Cl4N2O6S/c1-42-30(41)18-9-5-6-10-19(18)36-28(38)26(15-7-3-2-4-8-15)43-17-13-11-16(12-14-17)35-27(37)20-21(29(39)40)23(32)25(34)24(33)22(20)31/h2-14,26H,1H3,(H,35,37)(H,36,38)(H,39,40). The molecule has 0 aliphatic carbocycles. The minimum Gasteiger partial charge on any atom is -0.478 e. The predicted octanol–water partition coefficient (Wildman–Crippen LogP) is 8.51. The predicted molar refractivity (Wildman–Crippen MR) is 169 cm³/mol. The van der Waals surface area contributed by atoms with Gasteiger partial charge in [-0.15, -0.1) is 11.8 Å². The lowest BCUT2D eigenvalue weighted by atomic mass is 10.1. The molecule has 0 saturated carbocycles. The van der Waals surface area contributed by atoms with Crippen LogP contribution in [-0.2, 0) is 9.53 Å². The molecular formula is C30H20Cl4N2O6S. The first-order chi connectivity index (χ1) is 20.5. The number of carboxylic acid groups (broad SMARTS) is 1. The van der Waals surface area contributed by atoms with Gasteiger partial charge >= 0.3 is 11.9 Å². The number of halogens is 4. The van der Waals surface area contributed by atoms with Crippen molar-refractivity contribution in [3.8, 4) is 0 Å². The molecule has 1 atom stereocenters. The number of hydrogen-bond donors (Lipinski definition) is 3. The minimum atomic E-state index is -1.51. The number of carboxylic acids is 1. The molecule has 0 radical (unpaired) electrons. The summed E-state index contributed by atoms with van der Waals surface area (Å²) in [5.74, 6) is -3.34. The summed E-state index contributed by atoms with van der Waals surface area (Å²) in [4.78, 5) is 51.3. The molecule has 13 heteroatoms. The molecule has 4 rings (SSSR count). The van der Waals surface area contributed by atoms with Crippen molar-refractivity contribution in [2.24, 2.45) is 0 Å². The number of methoxy groups -OCH3 is 1. The van der Waals surface area contributed by atoms with Crippen LogP contribution in [0.4, 0.5) is 11.4 Å². The van der Waals surface area contributed by atoms with Gasteiger partial charge in [0.1, 0.15) is 5.25 Å². The maximum Gasteiger partial charge on any atom is 0.339 e. The van der Waals surface area contributed by atoms with Crippen molar-refractivity contribution >= 4 is 93.3 Å². The summed E-state index contributed by atoms with van der Waals surface area (Å²) in [5.41, 5.74) is 0.503. The third-order valence-electron chi connectivity index (χ3n) is 6.00. The Morgan fingerprint density at radius 2 is 1.33 bits per heavy atom. The number of hydrogen-bond acceptors (Lipinski definition) is 6. The zero-order valence-electron chi connectivity index (χ0n) is 22.0. The number of thioether (sulfide) groups is 1. The van der Waals surface area contributed by atoms with Gasteiger partial charge in [0.2, 0.25) is 5.91 Å². The number of ether oxygens (including phenoxy) is 1. The first-order valence-corrected chi connectivity index (χ1v) is 14.6. The van der Waals surface area contributed by atoms with Crippen LogP contribution in [0.3, 0.4) is 0 Å². The molecule has 0 heterocycles. The molecule has 4 aromatic rings. The number of para-hydroxylation sites is 1. The van der Waals surface area contributed by atoms with Crippen LogP contribution >= 0.6 is 58.2 Å². The molecule has 0 aromatic heterocycles. The molecule has 0 bridgehead atoms. The van der Waals surface area contributed by atoms with Crippen LogP contribution in [0.2, 0.25) is 20.1 Å². The number of anilines is 2. The van der Waals surface area contributed by atoms with E-state index in [0.29, 0.717) is 21.8 Å². The Morgan fingerprint density at radius 3 is 1.93 bits per heavy atom. The van der Waals surface area contributed by atoms with Crippen LogP contribution in [0.1, 0.15) is 41.9 Å². The molecule has 2 amide bonds. The number of amides is 2. The van der Waals surface area contributed by atoms with Gasteiger partial charge in [-0.3, -0.25) is 9.59 Å². The highest BCUT2D eigenvalue weighted by Gasteiger charge is 2.29. The van der Waals surface area contributed by atoms with E-state index in [1.165, 1.54) is 18.9 Å². The van der Waals surface area contributed by atoms with Crippen molar-refractivity contribution in [1.29, 1.82) is 0 Å². The van der Waals surface area contributed by atoms with Crippen molar-refractivity contribution in [3.63, 3.8) is 0 Å². The highest BCUT2D eigenvalue weighted by molar-refractivity contribution is 8.00. The van der Waals surface area contributed by atoms with E-state index in [-0.39, 0.29) is 26.5 Å². The van der Waals surface area contributed by atoms with Crippen molar-refractivity contribution in [2.45, 2.75) is 10.1 Å². The maximum atomic E-state index is 13.5. The molecule has 0 spiro atoms. The van der Waals surface area contributed by atoms with Gasteiger partial charge in [0.05, 0.1) is 49.6 Å². The molecule has 0 fully saturated rings. The second-order valence-electron chi connectivity index (χ2n) is 8.72. The summed E-state index contributed by atoms with van der Waals surface area (Å²) in [6.07, 6.45) is 0. The topological polar surface area (TPSA) is 122 Å². The van der Waals surface area contributed by atoms with Crippen LogP contribution in [-0.4, -0.2) is 36.0 Å². The summed E-state index contributed by atoms with van der Waals surface area (Å²) in [6, 6.07) is 22.1. The fourth-order valence-corrected chi connectivity index (χ4v) is 6.02. The van der Waals surface area contributed by atoms with E-state index in [2.05, 4.69) is 10.6 Å². The Labute approximate surface area is 270 Å². The summed E-state index contributed by atoms with van der Waals surface area (Å²) in [5, 5.41) is 13.0. The van der Waals surface area contributed by atoms with Crippen molar-refractivity contribution in [2.75, 3.05) is 17.7 Å². The number of nitrogens with one attached hydrogen (secondary N) is 2. The Bertz CT molecular complexity index is 1720. The van der Waals surface area contributed by atoms with Gasteiger partial charge in [-0.2, -0.15) is 0 Å². The molecule has 8 nitrogen and oxygen atoms in total. The fraction of sp³-hybridized carbons (Fsp3) is 0.0667. The second kappa shape index (κ2) is 14.2. The molecule has 0 saturated heterocycles. The number of esters is 1. The van der Waals surface area contributed by atoms with Gasteiger partial charge in [0.25, 0.3) is 5.91 Å². The maximum absolute atomic E-state index is 13.5. The van der Waals surface area contributed by atoms with E-state index in [1.54, 1.807) is 48.5 Å². The van der Waals surface area contributed by atoms with Gasteiger partial charge in [-0.05, 0) is 42.0 Å². The number of rotatable bonds is 9. The SMILES string of the molecule is COC(=O)c1ccccc1NC(=O)C(Sc1ccc(NC(=O)c2c(Cl)c(Cl)c(Cl)c(Cl)c2C(=O)O)cc1)c1ccccc1. The van der Waals surface area contributed by atoms with E-state index in [4.69, 9.17) is 51.1 Å². The van der Waals surface area contributed by atoms with Crippen LogP contribution < -0.4 is 10.6 Å². The lowest BCUT2D eigenvalue weighted by molar-refractivity contribution is -0.115. The lowest BCUT2D eigenvalue weighted by Gasteiger charge is -2.18. The molecule has 220 valence electrons. The van der Waals surface area contributed by atoms with Gasteiger partial charge in [0.15, 0.2) is 0 Å². The Hall–Kier alpha value is -3.73. The number of benzene rings is 4. The van der Waals surface area contributed by atoms with E-state index in [9.17, 15) is 24.3 Å². The van der Waals surface area contributed by atoms with Gasteiger partial charge in [-0.25, -0.2) is 9.59 Å². The molecular weight excluding hydrogens is 658 g/mol. The molecule has 4 aromatic carbocycles. The van der Waals surface area contributed by atoms with Gasteiger partial charge in [0, 0.05) is 10.6 Å². The summed E-state index contributed by atoms with van der Waals surface area (Å²) in [7, 11) is 1.26. The van der Waals surface area contributed by atoms with E-state index in [0.717, 1.165) is 0 Å². The average Bonchev–Trinajstić information content (AvgIpc) is 3.01. The highest BCUT2D eigenvalue weighted by Crippen LogP contribution is 2.42. The smallest absolute Gasteiger partial charge is 0.339 e. The zero-order chi connectivity index (χ0) is 31.3. The van der Waals surface area contributed by atoms with Gasteiger partial charge in [-0.1, -0.05) is 88.9 Å². The quantitative estimate of drug-likeness (QED) is 0.0703. The number of carbonyl (C=O) groups is 4.